The number of amides is 1. The Morgan fingerprint density at radius 2 is 2.04 bits per heavy atom. The van der Waals surface area contributed by atoms with Gasteiger partial charge in [-0.25, -0.2) is 0 Å². The number of carbonyl (C=O) groups is 1. The summed E-state index contributed by atoms with van der Waals surface area (Å²) in [6.07, 6.45) is 0.735. The van der Waals surface area contributed by atoms with Crippen LogP contribution in [0.1, 0.15) is 34.2 Å². The van der Waals surface area contributed by atoms with Crippen LogP contribution in [0.3, 0.4) is 0 Å². The maximum atomic E-state index is 13.0. The van der Waals surface area contributed by atoms with E-state index in [2.05, 4.69) is 4.98 Å². The van der Waals surface area contributed by atoms with Crippen LogP contribution in [0.15, 0.2) is 18.2 Å². The third-order valence-electron chi connectivity index (χ3n) is 4.49. The molecule has 2 aromatic rings. The van der Waals surface area contributed by atoms with E-state index in [0.29, 0.717) is 35.2 Å². The van der Waals surface area contributed by atoms with Gasteiger partial charge < -0.3 is 10.6 Å². The third kappa shape index (κ3) is 2.79. The zero-order valence-electron chi connectivity index (χ0n) is 13.7. The normalized spacial score (nSPS) is 14.0. The fraction of sp³-hybridized carbons (Fsp3) is 0.333. The van der Waals surface area contributed by atoms with Crippen molar-refractivity contribution in [1.29, 1.82) is 0 Å². The Labute approximate surface area is 151 Å². The Balaban J connectivity index is 2.35. The predicted octanol–water partition coefficient (Wildman–Crippen LogP) is 3.84. The highest BCUT2D eigenvalue weighted by molar-refractivity contribution is 6.36. The average molecular weight is 364 g/mol. The smallest absolute Gasteiger partial charge is 0.256 e. The molecule has 6 heteroatoms. The number of aryl methyl sites for hydroxylation is 1. The first-order valence-electron chi connectivity index (χ1n) is 7.95. The number of likely N-dealkylation sites (N-methyl/N-ethyl adjacent to an activating group) is 1. The molecule has 0 spiro atoms. The lowest BCUT2D eigenvalue weighted by molar-refractivity contribution is 0.0748. The molecule has 0 unspecified atom stereocenters. The molecule has 126 valence electrons. The van der Waals surface area contributed by atoms with Gasteiger partial charge in [0, 0.05) is 52.9 Å². The quantitative estimate of drug-likeness (QED) is 0.900. The molecular weight excluding hydrogens is 345 g/mol. The van der Waals surface area contributed by atoms with Gasteiger partial charge in [0.1, 0.15) is 0 Å². The number of pyridine rings is 1. The van der Waals surface area contributed by atoms with Crippen LogP contribution in [0.25, 0.3) is 11.1 Å². The van der Waals surface area contributed by atoms with Gasteiger partial charge in [-0.1, -0.05) is 29.3 Å². The van der Waals surface area contributed by atoms with E-state index in [-0.39, 0.29) is 5.91 Å². The van der Waals surface area contributed by atoms with Gasteiger partial charge >= 0.3 is 0 Å². The van der Waals surface area contributed by atoms with Crippen LogP contribution < -0.4 is 5.73 Å². The van der Waals surface area contributed by atoms with Crippen molar-refractivity contribution < 1.29 is 4.79 Å². The Morgan fingerprint density at radius 1 is 1.29 bits per heavy atom. The lowest BCUT2D eigenvalue weighted by Crippen LogP contribution is -2.38. The van der Waals surface area contributed by atoms with Gasteiger partial charge in [0.15, 0.2) is 0 Å². The van der Waals surface area contributed by atoms with Crippen LogP contribution in [0.2, 0.25) is 10.0 Å². The van der Waals surface area contributed by atoms with Crippen LogP contribution in [0.5, 0.6) is 0 Å². The molecule has 1 amide bonds. The summed E-state index contributed by atoms with van der Waals surface area (Å²) in [5, 5.41) is 1.06. The zero-order valence-corrected chi connectivity index (χ0v) is 15.2. The number of halogens is 2. The van der Waals surface area contributed by atoms with Crippen molar-refractivity contribution in [2.24, 2.45) is 5.73 Å². The highest BCUT2D eigenvalue weighted by Gasteiger charge is 2.30. The Bertz CT molecular complexity index is 820. The number of hydrogen-bond donors (Lipinski definition) is 1. The van der Waals surface area contributed by atoms with E-state index in [1.54, 1.807) is 12.1 Å². The highest BCUT2D eigenvalue weighted by Crippen LogP contribution is 2.38. The van der Waals surface area contributed by atoms with Gasteiger partial charge in [-0.15, -0.1) is 0 Å². The second-order valence-corrected chi connectivity index (χ2v) is 6.68. The van der Waals surface area contributed by atoms with Crippen LogP contribution in [0.4, 0.5) is 0 Å². The van der Waals surface area contributed by atoms with Gasteiger partial charge in [-0.2, -0.15) is 0 Å². The molecule has 0 atom stereocenters. The number of benzene rings is 1. The largest absolute Gasteiger partial charge is 0.338 e. The van der Waals surface area contributed by atoms with Gasteiger partial charge in [0.25, 0.3) is 5.91 Å². The van der Waals surface area contributed by atoms with Crippen molar-refractivity contribution in [2.75, 3.05) is 13.1 Å². The van der Waals surface area contributed by atoms with Crippen molar-refractivity contribution >= 4 is 29.1 Å². The fourth-order valence-corrected chi connectivity index (χ4v) is 3.76. The minimum Gasteiger partial charge on any atom is -0.338 e. The number of aromatic nitrogens is 1. The molecular formula is C18H19Cl2N3O. The Hall–Kier alpha value is -1.62. The second-order valence-electron chi connectivity index (χ2n) is 5.84. The number of nitrogens with two attached hydrogens (primary N) is 1. The molecule has 4 nitrogen and oxygen atoms in total. The Morgan fingerprint density at radius 3 is 2.67 bits per heavy atom. The molecule has 2 heterocycles. The molecule has 0 radical (unpaired) electrons. The number of rotatable bonds is 3. The molecule has 1 aliphatic heterocycles. The molecule has 24 heavy (non-hydrogen) atoms. The number of nitrogens with zero attached hydrogens (tertiary/aromatic N) is 2. The van der Waals surface area contributed by atoms with E-state index in [9.17, 15) is 4.79 Å². The van der Waals surface area contributed by atoms with E-state index in [1.165, 1.54) is 0 Å². The van der Waals surface area contributed by atoms with Gasteiger partial charge in [0.2, 0.25) is 0 Å². The molecule has 0 saturated carbocycles. The standard InChI is InChI=1S/C18H19Cl2N3O/c1-3-23-7-6-15-17(18(23)24)16(13(9-21)10(2)22-15)12-5-4-11(19)8-14(12)20/h4-5,8H,3,6-7,9,21H2,1-2H3. The Kier molecular flexibility index (Phi) is 4.81. The topological polar surface area (TPSA) is 59.2 Å². The summed E-state index contributed by atoms with van der Waals surface area (Å²) in [5.41, 5.74) is 10.7. The minimum absolute atomic E-state index is 0.0121. The molecule has 0 fully saturated rings. The summed E-state index contributed by atoms with van der Waals surface area (Å²) in [6.45, 7) is 5.54. The van der Waals surface area contributed by atoms with E-state index in [1.807, 2.05) is 24.8 Å². The molecule has 2 N–H and O–H groups in total. The van der Waals surface area contributed by atoms with Crippen molar-refractivity contribution in [2.45, 2.75) is 26.8 Å². The van der Waals surface area contributed by atoms with E-state index in [4.69, 9.17) is 28.9 Å². The first-order valence-corrected chi connectivity index (χ1v) is 8.70. The van der Waals surface area contributed by atoms with Gasteiger partial charge in [0.05, 0.1) is 11.3 Å². The fourth-order valence-electron chi connectivity index (χ4n) is 3.25. The van der Waals surface area contributed by atoms with Crippen molar-refractivity contribution in [3.8, 4) is 11.1 Å². The number of carbonyl (C=O) groups excluding carboxylic acids is 1. The third-order valence-corrected chi connectivity index (χ3v) is 5.03. The minimum atomic E-state index is -0.0121. The maximum absolute atomic E-state index is 13.0. The number of fused-ring (bicyclic) bond motifs is 1. The van der Waals surface area contributed by atoms with Crippen LogP contribution in [0, 0.1) is 6.92 Å². The van der Waals surface area contributed by atoms with Crippen LogP contribution in [-0.4, -0.2) is 28.9 Å². The molecule has 1 aromatic heterocycles. The van der Waals surface area contributed by atoms with Crippen molar-refractivity contribution in [3.05, 3.63) is 50.8 Å². The lowest BCUT2D eigenvalue weighted by Gasteiger charge is -2.30. The van der Waals surface area contributed by atoms with Crippen LogP contribution in [-0.2, 0) is 13.0 Å². The average Bonchev–Trinajstić information content (AvgIpc) is 2.54. The van der Waals surface area contributed by atoms with E-state index in [0.717, 1.165) is 34.5 Å². The summed E-state index contributed by atoms with van der Waals surface area (Å²) in [4.78, 5) is 19.4. The van der Waals surface area contributed by atoms with E-state index >= 15 is 0 Å². The predicted molar refractivity (Wildman–Crippen MR) is 97.6 cm³/mol. The van der Waals surface area contributed by atoms with Gasteiger partial charge in [-0.05, 0) is 31.5 Å². The monoisotopic (exact) mass is 363 g/mol. The van der Waals surface area contributed by atoms with Crippen LogP contribution >= 0.6 is 23.2 Å². The summed E-state index contributed by atoms with van der Waals surface area (Å²) >= 11 is 12.5. The number of hydrogen-bond acceptors (Lipinski definition) is 3. The molecule has 3 rings (SSSR count). The molecule has 0 aliphatic carbocycles. The summed E-state index contributed by atoms with van der Waals surface area (Å²) in [7, 11) is 0. The highest BCUT2D eigenvalue weighted by atomic mass is 35.5. The molecule has 1 aliphatic rings. The van der Waals surface area contributed by atoms with Crippen molar-refractivity contribution in [1.82, 2.24) is 9.88 Å². The lowest BCUT2D eigenvalue weighted by atomic mass is 9.89. The second kappa shape index (κ2) is 6.71. The van der Waals surface area contributed by atoms with Gasteiger partial charge in [-0.3, -0.25) is 9.78 Å². The summed E-state index contributed by atoms with van der Waals surface area (Å²) in [6, 6.07) is 5.30. The summed E-state index contributed by atoms with van der Waals surface area (Å²) < 4.78 is 0. The molecule has 0 saturated heterocycles. The summed E-state index contributed by atoms with van der Waals surface area (Å²) in [5.74, 6) is -0.0121. The first kappa shape index (κ1) is 17.2. The molecule has 1 aromatic carbocycles. The molecule has 0 bridgehead atoms. The SMILES string of the molecule is CCN1CCc2nc(C)c(CN)c(-c3ccc(Cl)cc3Cl)c2C1=O. The zero-order chi connectivity index (χ0) is 17.4. The first-order chi connectivity index (χ1) is 11.5. The maximum Gasteiger partial charge on any atom is 0.256 e. The van der Waals surface area contributed by atoms with E-state index < -0.39 is 0 Å². The van der Waals surface area contributed by atoms with Crippen molar-refractivity contribution in [3.63, 3.8) is 0 Å².